The molecule has 2 bridgehead atoms. The van der Waals surface area contributed by atoms with Gasteiger partial charge in [0.1, 0.15) is 0 Å². The summed E-state index contributed by atoms with van der Waals surface area (Å²) < 4.78 is 17.3. The Morgan fingerprint density at radius 2 is 1.83 bits per heavy atom. The van der Waals surface area contributed by atoms with E-state index < -0.39 is 5.97 Å². The maximum atomic E-state index is 5.76. The quantitative estimate of drug-likeness (QED) is 0.842. The molecule has 1 aromatic heterocycles. The van der Waals surface area contributed by atoms with E-state index in [0.717, 1.165) is 12.8 Å². The summed E-state index contributed by atoms with van der Waals surface area (Å²) in [5.74, 6) is -1.19. The van der Waals surface area contributed by atoms with Crippen LogP contribution in [0.2, 0.25) is 5.15 Å². The number of fused-ring (bicyclic) bond motifs is 3. The Morgan fingerprint density at radius 1 is 1.17 bits per heavy atom. The summed E-state index contributed by atoms with van der Waals surface area (Å²) >= 11 is 5.72. The third-order valence-corrected chi connectivity index (χ3v) is 3.63. The van der Waals surface area contributed by atoms with Gasteiger partial charge in [-0.2, -0.15) is 0 Å². The summed E-state index contributed by atoms with van der Waals surface area (Å²) in [7, 11) is 0. The summed E-state index contributed by atoms with van der Waals surface area (Å²) in [6, 6.07) is 3.37. The Kier molecular flexibility index (Phi) is 3.02. The number of ether oxygens (including phenoxy) is 3. The molecule has 4 heterocycles. The minimum Gasteiger partial charge on any atom is -0.322 e. The van der Waals surface area contributed by atoms with Crippen LogP contribution in [0.4, 0.5) is 0 Å². The molecule has 0 aromatic carbocycles. The first-order valence-corrected chi connectivity index (χ1v) is 6.47. The van der Waals surface area contributed by atoms with Crippen LogP contribution in [-0.4, -0.2) is 30.0 Å². The van der Waals surface area contributed by atoms with Crippen molar-refractivity contribution >= 4 is 11.6 Å². The molecule has 5 nitrogen and oxygen atoms in total. The predicted octanol–water partition coefficient (Wildman–Crippen LogP) is 2.10. The van der Waals surface area contributed by atoms with Gasteiger partial charge in [-0.3, -0.25) is 0 Å². The normalized spacial score (nSPS) is 34.8. The van der Waals surface area contributed by atoms with Gasteiger partial charge in [-0.1, -0.05) is 24.9 Å². The largest absolute Gasteiger partial charge is 0.331 e. The van der Waals surface area contributed by atoms with E-state index in [2.05, 4.69) is 17.1 Å². The highest BCUT2D eigenvalue weighted by Gasteiger charge is 2.54. The van der Waals surface area contributed by atoms with E-state index in [4.69, 9.17) is 25.8 Å². The van der Waals surface area contributed by atoms with Crippen LogP contribution in [0.1, 0.15) is 25.5 Å². The average Bonchev–Trinajstić information content (AvgIpc) is 2.42. The fraction of sp³-hybridized carbons (Fsp3) is 0.667. The molecule has 0 N–H and O–H groups in total. The molecule has 1 aromatic rings. The number of hydrogen-bond donors (Lipinski definition) is 0. The van der Waals surface area contributed by atoms with E-state index in [1.807, 2.05) is 0 Å². The molecule has 0 unspecified atom stereocenters. The summed E-state index contributed by atoms with van der Waals surface area (Å²) in [4.78, 5) is 0. The molecule has 98 valence electrons. The highest BCUT2D eigenvalue weighted by Crippen LogP contribution is 2.45. The first-order chi connectivity index (χ1) is 8.68. The third kappa shape index (κ3) is 1.91. The lowest BCUT2D eigenvalue weighted by atomic mass is 9.84. The molecule has 0 radical (unpaired) electrons. The number of rotatable bonds is 3. The van der Waals surface area contributed by atoms with Crippen molar-refractivity contribution in [2.45, 2.75) is 25.7 Å². The zero-order valence-corrected chi connectivity index (χ0v) is 10.9. The lowest BCUT2D eigenvalue weighted by Crippen LogP contribution is -2.58. The number of hydrogen-bond acceptors (Lipinski definition) is 5. The molecule has 4 rings (SSSR count). The molecule has 0 spiro atoms. The Labute approximate surface area is 110 Å². The second-order valence-corrected chi connectivity index (χ2v) is 5.30. The molecule has 0 aliphatic carbocycles. The Morgan fingerprint density at radius 3 is 2.33 bits per heavy atom. The number of halogens is 1. The monoisotopic (exact) mass is 270 g/mol. The molecule has 18 heavy (non-hydrogen) atoms. The molecular weight excluding hydrogens is 256 g/mol. The number of nitrogens with zero attached hydrogens (tertiary/aromatic N) is 2. The van der Waals surface area contributed by atoms with Crippen molar-refractivity contribution in [1.82, 2.24) is 10.2 Å². The second-order valence-electron chi connectivity index (χ2n) is 4.91. The lowest BCUT2D eigenvalue weighted by Gasteiger charge is -2.51. The van der Waals surface area contributed by atoms with E-state index >= 15 is 0 Å². The van der Waals surface area contributed by atoms with Gasteiger partial charge in [-0.25, -0.2) is 0 Å². The van der Waals surface area contributed by atoms with Gasteiger partial charge in [0.15, 0.2) is 10.8 Å². The zero-order chi connectivity index (χ0) is 12.6. The van der Waals surface area contributed by atoms with Crippen LogP contribution in [0.3, 0.4) is 0 Å². The van der Waals surface area contributed by atoms with Crippen LogP contribution in [0.5, 0.6) is 0 Å². The van der Waals surface area contributed by atoms with Crippen molar-refractivity contribution in [3.63, 3.8) is 0 Å². The van der Waals surface area contributed by atoms with E-state index in [-0.39, 0.29) is 5.41 Å². The Hall–Kier alpha value is -0.750. The van der Waals surface area contributed by atoms with Crippen LogP contribution < -0.4 is 0 Å². The van der Waals surface area contributed by atoms with E-state index in [1.165, 1.54) is 0 Å². The zero-order valence-electron chi connectivity index (χ0n) is 10.2. The van der Waals surface area contributed by atoms with Crippen LogP contribution in [0.25, 0.3) is 0 Å². The van der Waals surface area contributed by atoms with Crippen molar-refractivity contribution in [3.05, 3.63) is 23.0 Å². The molecule has 3 fully saturated rings. The van der Waals surface area contributed by atoms with Gasteiger partial charge in [-0.15, -0.1) is 10.2 Å². The van der Waals surface area contributed by atoms with Crippen LogP contribution >= 0.6 is 11.6 Å². The Balaban J connectivity index is 1.82. The Bertz CT molecular complexity index is 413. The predicted molar refractivity (Wildman–Crippen MR) is 63.9 cm³/mol. The summed E-state index contributed by atoms with van der Waals surface area (Å²) in [6.45, 7) is 4.04. The molecule has 0 amide bonds. The number of aromatic nitrogens is 2. The van der Waals surface area contributed by atoms with Gasteiger partial charge in [0.25, 0.3) is 0 Å². The highest BCUT2D eigenvalue weighted by molar-refractivity contribution is 6.29. The third-order valence-electron chi connectivity index (χ3n) is 3.43. The molecule has 3 aliphatic rings. The van der Waals surface area contributed by atoms with Crippen LogP contribution in [0, 0.1) is 5.41 Å². The van der Waals surface area contributed by atoms with Gasteiger partial charge >= 0.3 is 5.97 Å². The minimum atomic E-state index is -1.19. The van der Waals surface area contributed by atoms with Crippen molar-refractivity contribution in [1.29, 1.82) is 0 Å². The summed E-state index contributed by atoms with van der Waals surface area (Å²) in [5, 5.41) is 8.11. The molecule has 3 saturated heterocycles. The summed E-state index contributed by atoms with van der Waals surface area (Å²) in [5.41, 5.74) is 0.507. The minimum absolute atomic E-state index is 0.00362. The van der Waals surface area contributed by atoms with Crippen molar-refractivity contribution in [3.8, 4) is 0 Å². The van der Waals surface area contributed by atoms with Crippen molar-refractivity contribution in [2.75, 3.05) is 19.8 Å². The van der Waals surface area contributed by atoms with Gasteiger partial charge in [0.2, 0.25) is 0 Å². The smallest absolute Gasteiger partial charge is 0.322 e. The lowest BCUT2D eigenvalue weighted by molar-refractivity contribution is -0.482. The van der Waals surface area contributed by atoms with Crippen molar-refractivity contribution < 1.29 is 14.2 Å². The fourth-order valence-electron chi connectivity index (χ4n) is 2.44. The second kappa shape index (κ2) is 4.42. The molecule has 0 atom stereocenters. The fourth-order valence-corrected chi connectivity index (χ4v) is 2.54. The van der Waals surface area contributed by atoms with Gasteiger partial charge < -0.3 is 14.2 Å². The van der Waals surface area contributed by atoms with Gasteiger partial charge in [0, 0.05) is 5.41 Å². The maximum Gasteiger partial charge on any atom is 0.331 e. The first kappa shape index (κ1) is 12.3. The maximum absolute atomic E-state index is 5.76. The molecule has 3 aliphatic heterocycles. The van der Waals surface area contributed by atoms with E-state index in [9.17, 15) is 0 Å². The highest BCUT2D eigenvalue weighted by atomic mass is 35.5. The SMILES string of the molecule is CCCC12COC(c3ccc(Cl)nn3)(OC1)OC2. The molecular formula is C12H15ClN2O3. The van der Waals surface area contributed by atoms with Gasteiger partial charge in [-0.05, 0) is 18.6 Å². The van der Waals surface area contributed by atoms with Crippen LogP contribution in [-0.2, 0) is 20.2 Å². The van der Waals surface area contributed by atoms with Crippen LogP contribution in [0.15, 0.2) is 12.1 Å². The van der Waals surface area contributed by atoms with E-state index in [0.29, 0.717) is 30.7 Å². The first-order valence-electron chi connectivity index (χ1n) is 6.10. The van der Waals surface area contributed by atoms with E-state index in [1.54, 1.807) is 12.1 Å². The average molecular weight is 271 g/mol. The molecule has 6 heteroatoms. The topological polar surface area (TPSA) is 53.5 Å². The van der Waals surface area contributed by atoms with Crippen molar-refractivity contribution in [2.24, 2.45) is 5.41 Å². The summed E-state index contributed by atoms with van der Waals surface area (Å²) in [6.07, 6.45) is 2.12. The standard InChI is InChI=1S/C12H15ClN2O3/c1-2-5-11-6-16-12(17-7-11,18-8-11)9-3-4-10(13)15-14-9/h3-4H,2,5-8H2,1H3. The van der Waals surface area contributed by atoms with Gasteiger partial charge in [0.05, 0.1) is 19.8 Å². The molecule has 0 saturated carbocycles.